The van der Waals surface area contributed by atoms with Gasteiger partial charge >= 0.3 is 0 Å². The Morgan fingerprint density at radius 1 is 1.13 bits per heavy atom. The van der Waals surface area contributed by atoms with Gasteiger partial charge in [0.1, 0.15) is 11.8 Å². The molecule has 1 saturated heterocycles. The number of aliphatic hydroxyl groups excluding tert-OH is 1. The van der Waals surface area contributed by atoms with E-state index >= 15 is 0 Å². The number of anilines is 1. The number of hydrogen-bond acceptors (Lipinski definition) is 9. The molecule has 280 valence electrons. The zero-order chi connectivity index (χ0) is 37.3. The molecule has 0 spiro atoms. The molecule has 2 amide bonds. The molecule has 4 N–H and O–H groups in total. The third-order valence-corrected chi connectivity index (χ3v) is 12.1. The van der Waals surface area contributed by atoms with Crippen molar-refractivity contribution in [2.75, 3.05) is 39.7 Å². The van der Waals surface area contributed by atoms with Crippen LogP contribution in [0.5, 0.6) is 5.75 Å². The number of nitrogens with zero attached hydrogens (tertiary/aromatic N) is 3. The predicted molar refractivity (Wildman–Crippen MR) is 203 cm³/mol. The first kappa shape index (κ1) is 37.7. The number of hydrogen-bond donors (Lipinski definition) is 4. The lowest BCUT2D eigenvalue weighted by molar-refractivity contribution is -0.176. The lowest BCUT2D eigenvalue weighted by Gasteiger charge is -2.62. The second kappa shape index (κ2) is 15.5. The molecule has 11 nitrogen and oxygen atoms in total. The molecule has 7 rings (SSSR count). The van der Waals surface area contributed by atoms with Crippen LogP contribution in [-0.2, 0) is 22.7 Å². The average molecular weight is 713 g/mol. The quantitative estimate of drug-likeness (QED) is 0.201. The van der Waals surface area contributed by atoms with Gasteiger partial charge in [-0.25, -0.2) is 0 Å². The fourth-order valence-electron chi connectivity index (χ4n) is 8.99. The molecule has 11 heteroatoms. The van der Waals surface area contributed by atoms with Crippen LogP contribution in [0.25, 0.3) is 11.1 Å². The van der Waals surface area contributed by atoms with Gasteiger partial charge in [-0.2, -0.15) is 5.06 Å². The number of aromatic nitrogens is 1. The molecule has 2 heterocycles. The number of nitrogens with one attached hydrogen (secondary N) is 3. The predicted octanol–water partition coefficient (Wildman–Crippen LogP) is 4.64. The summed E-state index contributed by atoms with van der Waals surface area (Å²) >= 11 is 0. The Morgan fingerprint density at radius 2 is 1.92 bits per heavy atom. The zero-order valence-corrected chi connectivity index (χ0v) is 31.8. The van der Waals surface area contributed by atoms with Gasteiger partial charge in [0.05, 0.1) is 31.6 Å². The summed E-state index contributed by atoms with van der Waals surface area (Å²) in [6, 6.07) is 16.8. The molecule has 0 radical (unpaired) electrons. The standard InChI is InChI=1S/C41H56N6O5/c1-24-33-19-29(41(33,3)4)20-34(24)45-40(50)37-36(25(2)48)35(22-43-21-30-13-9-10-15-44-30)52-47(37)23-26-12-11-14-32(38(26)51-8)27-16-28(39(49)42-5)18-31(17-27)46(6)7/h9-18,24-25,29,33-37,43,48H,19-23H2,1-8H3,(H,42,49)(H,45,50)/t24-,25-,29-,33+,34-,35-,36+,37-/m0/s1. The van der Waals surface area contributed by atoms with E-state index in [4.69, 9.17) is 9.57 Å². The van der Waals surface area contributed by atoms with Crippen molar-refractivity contribution in [2.24, 2.45) is 29.1 Å². The fourth-order valence-corrected chi connectivity index (χ4v) is 8.99. The Bertz CT molecular complexity index is 1730. The van der Waals surface area contributed by atoms with E-state index in [0.29, 0.717) is 47.6 Å². The Hall–Kier alpha value is -4.03. The first-order valence-electron chi connectivity index (χ1n) is 18.6. The van der Waals surface area contributed by atoms with Crippen LogP contribution in [0.4, 0.5) is 5.69 Å². The van der Waals surface area contributed by atoms with Crippen molar-refractivity contribution in [1.82, 2.24) is 26.0 Å². The van der Waals surface area contributed by atoms with Gasteiger partial charge in [0.25, 0.3) is 5.91 Å². The van der Waals surface area contributed by atoms with Crippen molar-refractivity contribution in [3.8, 4) is 16.9 Å². The van der Waals surface area contributed by atoms with Crippen LogP contribution in [-0.4, -0.2) is 86.1 Å². The molecule has 2 aromatic carbocycles. The van der Waals surface area contributed by atoms with E-state index in [-0.39, 0.29) is 24.4 Å². The van der Waals surface area contributed by atoms with E-state index in [9.17, 15) is 14.7 Å². The molecule has 3 aromatic rings. The van der Waals surface area contributed by atoms with Crippen LogP contribution >= 0.6 is 0 Å². The number of carbonyl (C=O) groups is 2. The maximum absolute atomic E-state index is 14.5. The molecule has 8 atom stereocenters. The smallest absolute Gasteiger partial charge is 0.251 e. The summed E-state index contributed by atoms with van der Waals surface area (Å²) < 4.78 is 6.09. The van der Waals surface area contributed by atoms with Gasteiger partial charge in [0, 0.05) is 74.8 Å². The number of amides is 2. The highest BCUT2D eigenvalue weighted by Gasteiger charge is 2.57. The van der Waals surface area contributed by atoms with Crippen LogP contribution in [0.3, 0.4) is 0 Å². The number of fused-ring (bicyclic) bond motifs is 2. The summed E-state index contributed by atoms with van der Waals surface area (Å²) in [5.41, 5.74) is 5.06. The van der Waals surface area contributed by atoms with Gasteiger partial charge in [0.15, 0.2) is 0 Å². The van der Waals surface area contributed by atoms with Crippen molar-refractivity contribution in [3.05, 3.63) is 77.6 Å². The number of benzene rings is 2. The molecule has 2 bridgehead atoms. The summed E-state index contributed by atoms with van der Waals surface area (Å²) in [6.45, 7) is 9.91. The Morgan fingerprint density at radius 3 is 2.56 bits per heavy atom. The number of rotatable bonds is 13. The Balaban J connectivity index is 1.31. The largest absolute Gasteiger partial charge is 0.496 e. The second-order valence-corrected chi connectivity index (χ2v) is 15.7. The van der Waals surface area contributed by atoms with Crippen LogP contribution in [0, 0.1) is 29.1 Å². The zero-order valence-electron chi connectivity index (χ0n) is 31.8. The molecule has 4 fully saturated rings. The van der Waals surface area contributed by atoms with Gasteiger partial charge in [-0.1, -0.05) is 45.0 Å². The highest BCUT2D eigenvalue weighted by Crippen LogP contribution is 2.61. The molecule has 1 aliphatic heterocycles. The molecule has 3 saturated carbocycles. The monoisotopic (exact) mass is 712 g/mol. The van der Waals surface area contributed by atoms with Crippen molar-refractivity contribution in [2.45, 2.75) is 77.9 Å². The lowest BCUT2D eigenvalue weighted by atomic mass is 9.45. The fraction of sp³-hybridized carbons (Fsp3) is 0.537. The maximum Gasteiger partial charge on any atom is 0.251 e. The van der Waals surface area contributed by atoms with E-state index < -0.39 is 24.2 Å². The molecule has 1 aromatic heterocycles. The minimum absolute atomic E-state index is 0.0680. The number of carbonyl (C=O) groups excluding carboxylic acids is 2. The van der Waals surface area contributed by atoms with Gasteiger partial charge in [0.2, 0.25) is 5.91 Å². The van der Waals surface area contributed by atoms with Crippen LogP contribution in [0.2, 0.25) is 0 Å². The average Bonchev–Trinajstić information content (AvgIpc) is 3.49. The molecule has 52 heavy (non-hydrogen) atoms. The van der Waals surface area contributed by atoms with E-state index in [1.165, 1.54) is 6.42 Å². The molecular weight excluding hydrogens is 656 g/mol. The number of para-hydroxylation sites is 1. The third-order valence-electron chi connectivity index (χ3n) is 12.1. The van der Waals surface area contributed by atoms with Crippen molar-refractivity contribution >= 4 is 17.5 Å². The number of pyridine rings is 1. The minimum atomic E-state index is -0.816. The summed E-state index contributed by atoms with van der Waals surface area (Å²) in [4.78, 5) is 40.3. The number of methoxy groups -OCH3 is 1. The molecule has 4 aliphatic rings. The van der Waals surface area contributed by atoms with Crippen LogP contribution in [0.15, 0.2) is 60.8 Å². The molecular formula is C41H56N6O5. The Labute approximate surface area is 308 Å². The highest BCUT2D eigenvalue weighted by molar-refractivity contribution is 5.97. The molecule has 0 unspecified atom stereocenters. The first-order chi connectivity index (χ1) is 24.8. The SMILES string of the molecule is CNC(=O)c1cc(-c2cccc(CN3O[C@@H](CNCc4ccccn4)[C@@H]([C@H](C)O)[C@H]3C(=O)N[C@H]3C[C@@H]4C[C@H]([C@@H]3C)C4(C)C)c2OC)cc(N(C)C)c1. The van der Waals surface area contributed by atoms with Gasteiger partial charge in [-0.05, 0) is 78.8 Å². The number of hydroxylamine groups is 2. The van der Waals surface area contributed by atoms with Gasteiger partial charge in [-0.3, -0.25) is 19.4 Å². The second-order valence-electron chi connectivity index (χ2n) is 15.7. The van der Waals surface area contributed by atoms with E-state index in [1.54, 1.807) is 32.3 Å². The van der Waals surface area contributed by atoms with Crippen molar-refractivity contribution in [3.63, 3.8) is 0 Å². The van der Waals surface area contributed by atoms with E-state index in [0.717, 1.165) is 34.5 Å². The van der Waals surface area contributed by atoms with Crippen molar-refractivity contribution in [1.29, 1.82) is 0 Å². The van der Waals surface area contributed by atoms with Gasteiger partial charge in [-0.15, -0.1) is 0 Å². The third kappa shape index (κ3) is 7.42. The topological polar surface area (TPSA) is 128 Å². The number of aliphatic hydroxyl groups is 1. The number of ether oxygens (including phenoxy) is 1. The summed E-state index contributed by atoms with van der Waals surface area (Å²) in [5, 5.41) is 22.7. The first-order valence-corrected chi connectivity index (χ1v) is 18.6. The summed E-state index contributed by atoms with van der Waals surface area (Å²) in [6.07, 6.45) is 2.65. The normalized spacial score (nSPS) is 27.0. The minimum Gasteiger partial charge on any atom is -0.496 e. The van der Waals surface area contributed by atoms with Gasteiger partial charge < -0.3 is 30.7 Å². The summed E-state index contributed by atoms with van der Waals surface area (Å²) in [7, 11) is 7.13. The van der Waals surface area contributed by atoms with Crippen molar-refractivity contribution < 1.29 is 24.3 Å². The van der Waals surface area contributed by atoms with E-state index in [1.807, 2.05) is 73.6 Å². The lowest BCUT2D eigenvalue weighted by Crippen LogP contribution is -2.62. The Kier molecular flexibility index (Phi) is 11.3. The molecule has 3 aliphatic carbocycles. The highest BCUT2D eigenvalue weighted by atomic mass is 16.7. The van der Waals surface area contributed by atoms with Crippen LogP contribution in [0.1, 0.15) is 62.2 Å². The van der Waals surface area contributed by atoms with Crippen LogP contribution < -0.4 is 25.6 Å². The van der Waals surface area contributed by atoms with E-state index in [2.05, 4.69) is 41.7 Å². The summed E-state index contributed by atoms with van der Waals surface area (Å²) in [5.74, 6) is 1.34. The maximum atomic E-state index is 14.5.